The monoisotopic (exact) mass is 378 g/mol. The van der Waals surface area contributed by atoms with Crippen molar-refractivity contribution in [3.63, 3.8) is 0 Å². The van der Waals surface area contributed by atoms with Gasteiger partial charge in [0.1, 0.15) is 11.6 Å². The summed E-state index contributed by atoms with van der Waals surface area (Å²) in [5.74, 6) is -0.408. The summed E-state index contributed by atoms with van der Waals surface area (Å²) < 4.78 is 19.3. The lowest BCUT2D eigenvalue weighted by molar-refractivity contribution is -0.0351. The maximum atomic E-state index is 14.3. The highest BCUT2D eigenvalue weighted by Gasteiger charge is 2.45. The van der Waals surface area contributed by atoms with Crippen LogP contribution in [0.2, 0.25) is 0 Å². The van der Waals surface area contributed by atoms with Crippen molar-refractivity contribution >= 4 is 5.91 Å². The second-order valence-corrected chi connectivity index (χ2v) is 7.93. The van der Waals surface area contributed by atoms with Crippen molar-refractivity contribution < 1.29 is 19.0 Å². The normalized spacial score (nSPS) is 22.8. The Morgan fingerprint density at radius 1 is 1.30 bits per heavy atom. The lowest BCUT2D eigenvalue weighted by atomic mass is 9.64. The first-order valence-corrected chi connectivity index (χ1v) is 9.99. The first kappa shape index (κ1) is 20.1. The fourth-order valence-corrected chi connectivity index (χ4v) is 4.71. The van der Waals surface area contributed by atoms with E-state index in [0.717, 1.165) is 45.3 Å². The van der Waals surface area contributed by atoms with Crippen LogP contribution in [0, 0.1) is 17.2 Å². The van der Waals surface area contributed by atoms with Crippen molar-refractivity contribution in [3.8, 4) is 5.75 Å². The smallest absolute Gasteiger partial charge is 0.256 e. The van der Waals surface area contributed by atoms with Gasteiger partial charge < -0.3 is 19.6 Å². The fourth-order valence-electron chi connectivity index (χ4n) is 4.71. The second-order valence-electron chi connectivity index (χ2n) is 7.93. The summed E-state index contributed by atoms with van der Waals surface area (Å²) in [6, 6.07) is 4.33. The molecule has 2 heterocycles. The van der Waals surface area contributed by atoms with Crippen LogP contribution in [0.3, 0.4) is 0 Å². The predicted molar refractivity (Wildman–Crippen MR) is 102 cm³/mol. The molecule has 1 atom stereocenters. The molecule has 1 aromatic carbocycles. The Balaban J connectivity index is 1.68. The minimum atomic E-state index is -0.562. The standard InChI is InChI=1S/C21H31FN2O3/c1-3-9-23-10-6-21(7-11-23)8-12-24(14-16(21)15-25)20(26)18-5-4-17(27-2)13-19(18)22/h4-5,13,16,25H,3,6-12,14-15H2,1-2H3/t16-/m0/s1. The number of aliphatic hydroxyl groups is 1. The van der Waals surface area contributed by atoms with Gasteiger partial charge in [-0.05, 0) is 62.9 Å². The molecule has 1 spiro atoms. The van der Waals surface area contributed by atoms with E-state index in [1.807, 2.05) is 0 Å². The summed E-state index contributed by atoms with van der Waals surface area (Å²) in [6.45, 7) is 6.63. The first-order valence-electron chi connectivity index (χ1n) is 9.99. The van der Waals surface area contributed by atoms with E-state index in [-0.39, 0.29) is 29.4 Å². The molecule has 1 N–H and O–H groups in total. The fraction of sp³-hybridized carbons (Fsp3) is 0.667. The minimum absolute atomic E-state index is 0.0558. The molecule has 3 rings (SSSR count). The summed E-state index contributed by atoms with van der Waals surface area (Å²) in [5.41, 5.74) is 0.176. The SMILES string of the molecule is CCCN1CCC2(CC1)CCN(C(=O)c1ccc(OC)cc1F)C[C@H]2CO. The molecule has 2 aliphatic heterocycles. The third-order valence-corrected chi connectivity index (χ3v) is 6.49. The molecule has 0 bridgehead atoms. The number of piperidine rings is 2. The van der Waals surface area contributed by atoms with Gasteiger partial charge in [0.05, 0.1) is 12.7 Å². The highest BCUT2D eigenvalue weighted by atomic mass is 19.1. The van der Waals surface area contributed by atoms with Gasteiger partial charge in [0.15, 0.2) is 0 Å². The molecule has 2 aliphatic rings. The Labute approximate surface area is 161 Å². The van der Waals surface area contributed by atoms with E-state index in [1.165, 1.54) is 19.2 Å². The van der Waals surface area contributed by atoms with Crippen molar-refractivity contribution in [3.05, 3.63) is 29.6 Å². The Bertz CT molecular complexity index is 659. The number of benzene rings is 1. The summed E-state index contributed by atoms with van der Waals surface area (Å²) in [4.78, 5) is 17.0. The molecule has 1 aromatic rings. The molecule has 6 heteroatoms. The van der Waals surface area contributed by atoms with E-state index in [1.54, 1.807) is 11.0 Å². The predicted octanol–water partition coefficient (Wildman–Crippen LogP) is 2.78. The van der Waals surface area contributed by atoms with E-state index < -0.39 is 5.82 Å². The first-order chi connectivity index (χ1) is 13.0. The van der Waals surface area contributed by atoms with Crippen molar-refractivity contribution in [2.45, 2.75) is 32.6 Å². The van der Waals surface area contributed by atoms with E-state index in [2.05, 4.69) is 11.8 Å². The highest BCUT2D eigenvalue weighted by Crippen LogP contribution is 2.45. The van der Waals surface area contributed by atoms with Crippen molar-refractivity contribution in [2.24, 2.45) is 11.3 Å². The Morgan fingerprint density at radius 3 is 2.59 bits per heavy atom. The van der Waals surface area contributed by atoms with Crippen LogP contribution in [0.4, 0.5) is 4.39 Å². The zero-order valence-electron chi connectivity index (χ0n) is 16.4. The van der Waals surface area contributed by atoms with E-state index in [4.69, 9.17) is 4.74 Å². The number of methoxy groups -OCH3 is 1. The summed E-state index contributed by atoms with van der Waals surface area (Å²) in [6.07, 6.45) is 4.17. The molecule has 0 aromatic heterocycles. The molecule has 150 valence electrons. The van der Waals surface area contributed by atoms with Gasteiger partial charge >= 0.3 is 0 Å². The number of carbonyl (C=O) groups excluding carboxylic acids is 1. The molecule has 0 unspecified atom stereocenters. The molecule has 27 heavy (non-hydrogen) atoms. The quantitative estimate of drug-likeness (QED) is 0.856. The molecular weight excluding hydrogens is 347 g/mol. The van der Waals surface area contributed by atoms with Crippen LogP contribution in [0.15, 0.2) is 18.2 Å². The minimum Gasteiger partial charge on any atom is -0.497 e. The van der Waals surface area contributed by atoms with Gasteiger partial charge in [-0.15, -0.1) is 0 Å². The lowest BCUT2D eigenvalue weighted by Gasteiger charge is -2.51. The number of rotatable bonds is 5. The molecule has 2 saturated heterocycles. The maximum absolute atomic E-state index is 14.3. The van der Waals surface area contributed by atoms with Crippen molar-refractivity contribution in [1.29, 1.82) is 0 Å². The molecular formula is C21H31FN2O3. The Morgan fingerprint density at radius 2 is 2.00 bits per heavy atom. The van der Waals surface area contributed by atoms with Gasteiger partial charge in [-0.25, -0.2) is 4.39 Å². The van der Waals surface area contributed by atoms with E-state index in [9.17, 15) is 14.3 Å². The largest absolute Gasteiger partial charge is 0.497 e. The van der Waals surface area contributed by atoms with Crippen LogP contribution >= 0.6 is 0 Å². The number of ether oxygens (including phenoxy) is 1. The van der Waals surface area contributed by atoms with Crippen LogP contribution < -0.4 is 4.74 Å². The third-order valence-electron chi connectivity index (χ3n) is 6.49. The number of likely N-dealkylation sites (tertiary alicyclic amines) is 2. The van der Waals surface area contributed by atoms with Gasteiger partial charge in [-0.1, -0.05) is 6.92 Å². The maximum Gasteiger partial charge on any atom is 0.256 e. The van der Waals surface area contributed by atoms with Crippen LogP contribution in [-0.4, -0.2) is 67.3 Å². The van der Waals surface area contributed by atoms with Crippen LogP contribution in [0.1, 0.15) is 43.0 Å². The van der Waals surface area contributed by atoms with Crippen molar-refractivity contribution in [2.75, 3.05) is 46.4 Å². The van der Waals surface area contributed by atoms with Crippen LogP contribution in [0.5, 0.6) is 5.75 Å². The van der Waals surface area contributed by atoms with Crippen molar-refractivity contribution in [1.82, 2.24) is 9.80 Å². The van der Waals surface area contributed by atoms with E-state index >= 15 is 0 Å². The Hall–Kier alpha value is -1.66. The average molecular weight is 378 g/mol. The second kappa shape index (κ2) is 8.57. The van der Waals surface area contributed by atoms with Crippen LogP contribution in [0.25, 0.3) is 0 Å². The number of hydrogen-bond donors (Lipinski definition) is 1. The zero-order valence-corrected chi connectivity index (χ0v) is 16.4. The zero-order chi connectivity index (χ0) is 19.4. The van der Waals surface area contributed by atoms with Gasteiger partial charge in [0.2, 0.25) is 0 Å². The van der Waals surface area contributed by atoms with Gasteiger partial charge in [0.25, 0.3) is 5.91 Å². The molecule has 1 amide bonds. The highest BCUT2D eigenvalue weighted by molar-refractivity contribution is 5.94. The number of carbonyl (C=O) groups is 1. The molecule has 5 nitrogen and oxygen atoms in total. The lowest BCUT2D eigenvalue weighted by Crippen LogP contribution is -2.54. The molecule has 0 radical (unpaired) electrons. The average Bonchev–Trinajstić information content (AvgIpc) is 2.69. The number of nitrogens with zero attached hydrogens (tertiary/aromatic N) is 2. The van der Waals surface area contributed by atoms with E-state index in [0.29, 0.717) is 18.8 Å². The van der Waals surface area contributed by atoms with Crippen LogP contribution in [-0.2, 0) is 0 Å². The number of hydrogen-bond acceptors (Lipinski definition) is 4. The topological polar surface area (TPSA) is 53.0 Å². The van der Waals surface area contributed by atoms with Gasteiger partial charge in [-0.3, -0.25) is 4.79 Å². The number of aliphatic hydroxyl groups excluding tert-OH is 1. The summed E-state index contributed by atoms with van der Waals surface area (Å²) >= 11 is 0. The molecule has 0 aliphatic carbocycles. The summed E-state index contributed by atoms with van der Waals surface area (Å²) in [7, 11) is 1.47. The third kappa shape index (κ3) is 4.11. The Kier molecular flexibility index (Phi) is 6.37. The molecule has 0 saturated carbocycles. The van der Waals surface area contributed by atoms with Gasteiger partial charge in [0, 0.05) is 31.7 Å². The molecule has 2 fully saturated rings. The number of halogens is 1. The number of amides is 1. The summed E-state index contributed by atoms with van der Waals surface area (Å²) in [5, 5.41) is 10.0. The van der Waals surface area contributed by atoms with Gasteiger partial charge in [-0.2, -0.15) is 0 Å².